The van der Waals surface area contributed by atoms with E-state index in [1.54, 1.807) is 31.2 Å². The summed E-state index contributed by atoms with van der Waals surface area (Å²) in [6.07, 6.45) is -5.05. The summed E-state index contributed by atoms with van der Waals surface area (Å²) in [5.74, 6) is -1.16. The Morgan fingerprint density at radius 2 is 1.64 bits per heavy atom. The molecule has 0 saturated heterocycles. The van der Waals surface area contributed by atoms with Crippen LogP contribution in [-0.4, -0.2) is 18.0 Å². The van der Waals surface area contributed by atoms with Crippen molar-refractivity contribution in [2.75, 3.05) is 4.72 Å². The van der Waals surface area contributed by atoms with E-state index in [1.165, 1.54) is 28.8 Å². The highest BCUT2D eigenvalue weighted by Crippen LogP contribution is 2.33. The Morgan fingerprint density at radius 1 is 0.970 bits per heavy atom. The summed E-state index contributed by atoms with van der Waals surface area (Å²) in [4.78, 5) is 16.5. The fourth-order valence-electron chi connectivity index (χ4n) is 3.33. The number of para-hydroxylation sites is 1. The number of aromatic nitrogens is 2. The quantitative estimate of drug-likeness (QED) is 0.434. The van der Waals surface area contributed by atoms with Crippen molar-refractivity contribution in [1.29, 1.82) is 0 Å². The molecule has 0 spiro atoms. The van der Waals surface area contributed by atoms with Crippen LogP contribution in [0.4, 0.5) is 23.2 Å². The first-order valence-electron chi connectivity index (χ1n) is 9.46. The largest absolute Gasteiger partial charge is 0.419 e. The summed E-state index contributed by atoms with van der Waals surface area (Å²) in [7, 11) is -4.43. The summed E-state index contributed by atoms with van der Waals surface area (Å²) < 4.78 is 80.8. The van der Waals surface area contributed by atoms with Crippen LogP contribution in [0, 0.1) is 12.7 Å². The summed E-state index contributed by atoms with van der Waals surface area (Å²) in [5.41, 5.74) is -0.995. The van der Waals surface area contributed by atoms with Crippen LogP contribution in [0.5, 0.6) is 0 Å². The highest BCUT2D eigenvalue weighted by molar-refractivity contribution is 7.92. The molecule has 170 valence electrons. The van der Waals surface area contributed by atoms with Gasteiger partial charge in [-0.1, -0.05) is 12.1 Å². The van der Waals surface area contributed by atoms with E-state index in [2.05, 4.69) is 9.71 Å². The number of nitrogens with one attached hydrogen (secondary N) is 1. The SMILES string of the molecule is Cc1nc2ccccc2c(=O)n1-c1ccc(NS(=O)(=O)c2ccc(F)c(C(F)(F)F)c2)cc1. The molecule has 1 aromatic heterocycles. The highest BCUT2D eigenvalue weighted by Gasteiger charge is 2.35. The van der Waals surface area contributed by atoms with Gasteiger partial charge in [0.15, 0.2) is 0 Å². The van der Waals surface area contributed by atoms with Crippen molar-refractivity contribution in [3.05, 3.63) is 94.3 Å². The predicted molar refractivity (Wildman–Crippen MR) is 114 cm³/mol. The number of halogens is 4. The lowest BCUT2D eigenvalue weighted by atomic mass is 10.2. The Hall–Kier alpha value is -3.73. The zero-order chi connectivity index (χ0) is 24.0. The van der Waals surface area contributed by atoms with Gasteiger partial charge in [-0.3, -0.25) is 14.1 Å². The fraction of sp³-hybridized carbons (Fsp3) is 0.0909. The lowest BCUT2D eigenvalue weighted by Crippen LogP contribution is -2.22. The number of hydrogen-bond acceptors (Lipinski definition) is 4. The number of fused-ring (bicyclic) bond motifs is 1. The van der Waals surface area contributed by atoms with Gasteiger partial charge in [0, 0.05) is 5.69 Å². The van der Waals surface area contributed by atoms with Gasteiger partial charge < -0.3 is 0 Å². The van der Waals surface area contributed by atoms with Crippen molar-refractivity contribution in [3.63, 3.8) is 0 Å². The molecule has 4 aromatic rings. The molecule has 1 N–H and O–H groups in total. The molecule has 0 fully saturated rings. The zero-order valence-electron chi connectivity index (χ0n) is 16.9. The molecular weight excluding hydrogens is 462 g/mol. The molecule has 4 rings (SSSR count). The van der Waals surface area contributed by atoms with E-state index in [-0.39, 0.29) is 17.3 Å². The van der Waals surface area contributed by atoms with Crippen molar-refractivity contribution in [2.24, 2.45) is 0 Å². The molecule has 0 aliphatic heterocycles. The molecule has 33 heavy (non-hydrogen) atoms. The maximum Gasteiger partial charge on any atom is 0.419 e. The molecule has 6 nitrogen and oxygen atoms in total. The second-order valence-electron chi connectivity index (χ2n) is 7.11. The smallest absolute Gasteiger partial charge is 0.280 e. The van der Waals surface area contributed by atoms with Crippen LogP contribution in [0.2, 0.25) is 0 Å². The normalized spacial score (nSPS) is 12.2. The average Bonchev–Trinajstić information content (AvgIpc) is 2.74. The Morgan fingerprint density at radius 3 is 2.30 bits per heavy atom. The van der Waals surface area contributed by atoms with Crippen LogP contribution in [0.1, 0.15) is 11.4 Å². The van der Waals surface area contributed by atoms with Gasteiger partial charge in [-0.25, -0.2) is 17.8 Å². The monoisotopic (exact) mass is 477 g/mol. The minimum Gasteiger partial charge on any atom is -0.280 e. The highest BCUT2D eigenvalue weighted by atomic mass is 32.2. The molecule has 0 bridgehead atoms. The second-order valence-corrected chi connectivity index (χ2v) is 8.79. The molecule has 11 heteroatoms. The standard InChI is InChI=1S/C22H15F4N3O3S/c1-13-27-20-5-3-2-4-17(20)21(30)29(13)15-8-6-14(7-9-15)28-33(31,32)16-10-11-19(23)18(12-16)22(24,25)26/h2-12,28H,1H3. The number of anilines is 1. The minimum atomic E-state index is -5.05. The Labute approximate surface area is 185 Å². The second kappa shape index (κ2) is 8.00. The van der Waals surface area contributed by atoms with Crippen molar-refractivity contribution < 1.29 is 26.0 Å². The number of alkyl halides is 3. The lowest BCUT2D eigenvalue weighted by molar-refractivity contribution is -0.140. The number of hydrogen-bond donors (Lipinski definition) is 1. The van der Waals surface area contributed by atoms with Gasteiger partial charge >= 0.3 is 6.18 Å². The average molecular weight is 477 g/mol. The minimum absolute atomic E-state index is 0.0380. The molecule has 3 aromatic carbocycles. The van der Waals surface area contributed by atoms with Crippen LogP contribution in [0.3, 0.4) is 0 Å². The number of nitrogens with zero attached hydrogens (tertiary/aromatic N) is 2. The van der Waals surface area contributed by atoms with E-state index < -0.39 is 32.5 Å². The zero-order valence-corrected chi connectivity index (χ0v) is 17.7. The summed E-state index contributed by atoms with van der Waals surface area (Å²) in [6.45, 7) is 1.65. The summed E-state index contributed by atoms with van der Waals surface area (Å²) >= 11 is 0. The van der Waals surface area contributed by atoms with E-state index in [1.807, 2.05) is 0 Å². The van der Waals surface area contributed by atoms with Gasteiger partial charge in [0.1, 0.15) is 11.6 Å². The third-order valence-electron chi connectivity index (χ3n) is 4.87. The molecule has 0 radical (unpaired) electrons. The van der Waals surface area contributed by atoms with Gasteiger partial charge in [0.2, 0.25) is 0 Å². The molecule has 0 unspecified atom stereocenters. The van der Waals surface area contributed by atoms with Gasteiger partial charge in [0.05, 0.1) is 27.0 Å². The lowest BCUT2D eigenvalue weighted by Gasteiger charge is -2.13. The predicted octanol–water partition coefficient (Wildman–Crippen LogP) is 4.65. The van der Waals surface area contributed by atoms with Crippen LogP contribution in [0.15, 0.2) is 76.4 Å². The molecule has 1 heterocycles. The Kier molecular flexibility index (Phi) is 5.44. The van der Waals surface area contributed by atoms with Crippen molar-refractivity contribution in [2.45, 2.75) is 18.0 Å². The van der Waals surface area contributed by atoms with Crippen LogP contribution < -0.4 is 10.3 Å². The van der Waals surface area contributed by atoms with Crippen LogP contribution >= 0.6 is 0 Å². The number of rotatable bonds is 4. The Bertz CT molecular complexity index is 1530. The molecule has 0 saturated carbocycles. The van der Waals surface area contributed by atoms with Gasteiger partial charge in [-0.2, -0.15) is 13.2 Å². The van der Waals surface area contributed by atoms with Crippen LogP contribution in [-0.2, 0) is 16.2 Å². The van der Waals surface area contributed by atoms with Crippen molar-refractivity contribution in [3.8, 4) is 5.69 Å². The van der Waals surface area contributed by atoms with Crippen molar-refractivity contribution in [1.82, 2.24) is 9.55 Å². The third-order valence-corrected chi connectivity index (χ3v) is 6.25. The molecule has 0 amide bonds. The van der Waals surface area contributed by atoms with E-state index in [0.29, 0.717) is 28.5 Å². The van der Waals surface area contributed by atoms with Gasteiger partial charge in [-0.05, 0) is 61.5 Å². The maximum absolute atomic E-state index is 13.5. The number of aryl methyl sites for hydroxylation is 1. The third kappa shape index (κ3) is 4.31. The molecule has 0 aliphatic rings. The van der Waals surface area contributed by atoms with E-state index in [9.17, 15) is 30.8 Å². The first-order valence-corrected chi connectivity index (χ1v) is 10.9. The Balaban J connectivity index is 1.67. The van der Waals surface area contributed by atoms with E-state index in [0.717, 1.165) is 6.07 Å². The van der Waals surface area contributed by atoms with Crippen LogP contribution in [0.25, 0.3) is 16.6 Å². The van der Waals surface area contributed by atoms with Gasteiger partial charge in [0.25, 0.3) is 15.6 Å². The maximum atomic E-state index is 13.5. The van der Waals surface area contributed by atoms with Gasteiger partial charge in [-0.15, -0.1) is 0 Å². The number of benzene rings is 3. The van der Waals surface area contributed by atoms with Crippen molar-refractivity contribution >= 4 is 26.6 Å². The topological polar surface area (TPSA) is 81.1 Å². The fourth-order valence-corrected chi connectivity index (χ4v) is 4.41. The molecule has 0 atom stereocenters. The van der Waals surface area contributed by atoms with E-state index >= 15 is 0 Å². The summed E-state index contributed by atoms with van der Waals surface area (Å²) in [6, 6.07) is 13.9. The molecular formula is C22H15F4N3O3S. The first kappa shape index (κ1) is 22.5. The summed E-state index contributed by atoms with van der Waals surface area (Å²) in [5, 5.41) is 0.407. The molecule has 0 aliphatic carbocycles. The number of sulfonamides is 1. The first-order chi connectivity index (χ1) is 15.5. The van der Waals surface area contributed by atoms with E-state index in [4.69, 9.17) is 0 Å².